The van der Waals surface area contributed by atoms with Gasteiger partial charge in [-0.1, -0.05) is 23.7 Å². The molecule has 0 bridgehead atoms. The van der Waals surface area contributed by atoms with Gasteiger partial charge < -0.3 is 4.74 Å². The SMILES string of the molecule is CC(C)(C)n1ncc(OCc2ccc(C(F)(F)F)cc2)c(Cl)c1=O. The summed E-state index contributed by atoms with van der Waals surface area (Å²) in [5.41, 5.74) is -1.25. The fourth-order valence-corrected chi connectivity index (χ4v) is 2.13. The third-order valence-electron chi connectivity index (χ3n) is 3.20. The van der Waals surface area contributed by atoms with Crippen LogP contribution in [0.2, 0.25) is 5.02 Å². The maximum absolute atomic E-state index is 12.5. The van der Waals surface area contributed by atoms with Crippen molar-refractivity contribution in [3.8, 4) is 5.75 Å². The molecule has 1 aromatic carbocycles. The lowest BCUT2D eigenvalue weighted by molar-refractivity contribution is -0.137. The number of alkyl halides is 3. The lowest BCUT2D eigenvalue weighted by Crippen LogP contribution is -2.36. The number of nitrogens with zero attached hydrogens (tertiary/aromatic N) is 2. The Morgan fingerprint density at radius 2 is 1.75 bits per heavy atom. The lowest BCUT2D eigenvalue weighted by Gasteiger charge is -2.21. The number of aromatic nitrogens is 2. The minimum absolute atomic E-state index is 0.0293. The number of ether oxygens (including phenoxy) is 1. The van der Waals surface area contributed by atoms with E-state index in [-0.39, 0.29) is 17.4 Å². The highest BCUT2D eigenvalue weighted by Gasteiger charge is 2.30. The number of hydrogen-bond acceptors (Lipinski definition) is 3. The standard InChI is InChI=1S/C16H16ClF3N2O2/c1-15(2,3)22-14(23)13(17)12(8-21-22)24-9-10-4-6-11(7-5-10)16(18,19)20/h4-8H,9H2,1-3H3. The summed E-state index contributed by atoms with van der Waals surface area (Å²) in [7, 11) is 0. The van der Waals surface area contributed by atoms with E-state index in [1.54, 1.807) is 20.8 Å². The van der Waals surface area contributed by atoms with Gasteiger partial charge >= 0.3 is 6.18 Å². The van der Waals surface area contributed by atoms with Crippen molar-refractivity contribution in [3.05, 3.63) is 57.0 Å². The van der Waals surface area contributed by atoms with Crippen LogP contribution < -0.4 is 10.3 Å². The van der Waals surface area contributed by atoms with Gasteiger partial charge in [0, 0.05) is 0 Å². The van der Waals surface area contributed by atoms with Gasteiger partial charge in [0.2, 0.25) is 0 Å². The maximum Gasteiger partial charge on any atom is 0.416 e. The molecule has 0 radical (unpaired) electrons. The van der Waals surface area contributed by atoms with Gasteiger partial charge in [-0.15, -0.1) is 0 Å². The molecule has 0 atom stereocenters. The molecule has 0 aliphatic carbocycles. The van der Waals surface area contributed by atoms with Gasteiger partial charge in [-0.3, -0.25) is 4.79 Å². The van der Waals surface area contributed by atoms with Crippen LogP contribution in [0.15, 0.2) is 35.3 Å². The molecule has 0 aliphatic rings. The Labute approximate surface area is 141 Å². The fourth-order valence-electron chi connectivity index (χ4n) is 1.95. The van der Waals surface area contributed by atoms with E-state index in [1.807, 2.05) is 0 Å². The van der Waals surface area contributed by atoms with Crippen LogP contribution in [0.4, 0.5) is 13.2 Å². The summed E-state index contributed by atoms with van der Waals surface area (Å²) in [6.07, 6.45) is -3.07. The van der Waals surface area contributed by atoms with Crippen LogP contribution in [0.25, 0.3) is 0 Å². The largest absolute Gasteiger partial charge is 0.485 e. The van der Waals surface area contributed by atoms with Crippen molar-refractivity contribution in [3.63, 3.8) is 0 Å². The molecule has 24 heavy (non-hydrogen) atoms. The molecule has 130 valence electrons. The molecular weight excluding hydrogens is 345 g/mol. The van der Waals surface area contributed by atoms with Crippen molar-refractivity contribution in [2.75, 3.05) is 0 Å². The van der Waals surface area contributed by atoms with Crippen LogP contribution in [-0.2, 0) is 18.3 Å². The quantitative estimate of drug-likeness (QED) is 0.822. The van der Waals surface area contributed by atoms with Crippen molar-refractivity contribution in [1.29, 1.82) is 0 Å². The van der Waals surface area contributed by atoms with Crippen molar-refractivity contribution in [1.82, 2.24) is 9.78 Å². The molecule has 4 nitrogen and oxygen atoms in total. The van der Waals surface area contributed by atoms with Gasteiger partial charge in [-0.2, -0.15) is 18.3 Å². The minimum Gasteiger partial charge on any atom is -0.485 e. The normalized spacial score (nSPS) is 12.3. The van der Waals surface area contributed by atoms with Gasteiger partial charge in [0.1, 0.15) is 6.61 Å². The highest BCUT2D eigenvalue weighted by Crippen LogP contribution is 2.29. The van der Waals surface area contributed by atoms with E-state index in [9.17, 15) is 18.0 Å². The summed E-state index contributed by atoms with van der Waals surface area (Å²) in [5.74, 6) is 0.0852. The van der Waals surface area contributed by atoms with Crippen molar-refractivity contribution in [2.45, 2.75) is 39.1 Å². The predicted molar refractivity (Wildman–Crippen MR) is 84.3 cm³/mol. The van der Waals surface area contributed by atoms with E-state index in [0.717, 1.165) is 12.1 Å². The van der Waals surface area contributed by atoms with Gasteiger partial charge in [0.05, 0.1) is 17.3 Å². The van der Waals surface area contributed by atoms with Crippen LogP contribution in [0.3, 0.4) is 0 Å². The molecule has 0 saturated heterocycles. The number of rotatable bonds is 3. The van der Waals surface area contributed by atoms with E-state index in [2.05, 4.69) is 5.10 Å². The van der Waals surface area contributed by atoms with Crippen LogP contribution in [0, 0.1) is 0 Å². The Balaban J connectivity index is 2.16. The smallest absolute Gasteiger partial charge is 0.416 e. The van der Waals surface area contributed by atoms with E-state index < -0.39 is 22.8 Å². The highest BCUT2D eigenvalue weighted by molar-refractivity contribution is 6.31. The van der Waals surface area contributed by atoms with Crippen molar-refractivity contribution >= 4 is 11.6 Å². The van der Waals surface area contributed by atoms with E-state index >= 15 is 0 Å². The topological polar surface area (TPSA) is 44.1 Å². The molecular formula is C16H16ClF3N2O2. The second-order valence-electron chi connectivity index (χ2n) is 6.19. The minimum atomic E-state index is -4.38. The first-order valence-corrected chi connectivity index (χ1v) is 7.45. The zero-order valence-electron chi connectivity index (χ0n) is 13.3. The molecule has 2 rings (SSSR count). The Morgan fingerprint density at radius 3 is 2.25 bits per heavy atom. The van der Waals surface area contributed by atoms with Gasteiger partial charge in [0.15, 0.2) is 10.8 Å². The first-order valence-electron chi connectivity index (χ1n) is 7.07. The lowest BCUT2D eigenvalue weighted by atomic mass is 10.1. The van der Waals surface area contributed by atoms with Crippen LogP contribution in [0.1, 0.15) is 31.9 Å². The Kier molecular flexibility index (Phi) is 4.94. The van der Waals surface area contributed by atoms with Crippen LogP contribution in [0.5, 0.6) is 5.75 Å². The van der Waals surface area contributed by atoms with E-state index in [0.29, 0.717) is 5.56 Å². The highest BCUT2D eigenvalue weighted by atomic mass is 35.5. The summed E-state index contributed by atoms with van der Waals surface area (Å²) in [5, 5.41) is 3.90. The molecule has 2 aromatic rings. The molecule has 0 unspecified atom stereocenters. The number of hydrogen-bond donors (Lipinski definition) is 0. The molecule has 0 spiro atoms. The molecule has 1 aromatic heterocycles. The van der Waals surface area contributed by atoms with Gasteiger partial charge in [0.25, 0.3) is 5.56 Å². The summed E-state index contributed by atoms with van der Waals surface area (Å²) < 4.78 is 44.2. The van der Waals surface area contributed by atoms with Gasteiger partial charge in [-0.25, -0.2) is 4.68 Å². The van der Waals surface area contributed by atoms with E-state index in [1.165, 1.54) is 23.0 Å². The summed E-state index contributed by atoms with van der Waals surface area (Å²) >= 11 is 6.01. The summed E-state index contributed by atoms with van der Waals surface area (Å²) in [4.78, 5) is 12.2. The summed E-state index contributed by atoms with van der Waals surface area (Å²) in [6, 6.07) is 4.55. The molecule has 0 saturated carbocycles. The molecule has 0 aliphatic heterocycles. The third kappa shape index (κ3) is 4.08. The summed E-state index contributed by atoms with van der Waals surface area (Å²) in [6.45, 7) is 5.39. The molecule has 0 fully saturated rings. The first kappa shape index (κ1) is 18.3. The Morgan fingerprint density at radius 1 is 1.17 bits per heavy atom. The molecule has 0 N–H and O–H groups in total. The van der Waals surface area contributed by atoms with Crippen LogP contribution >= 0.6 is 11.6 Å². The predicted octanol–water partition coefficient (Wildman–Crippen LogP) is 4.25. The Hall–Kier alpha value is -2.02. The Bertz CT molecular complexity index is 778. The zero-order chi connectivity index (χ0) is 18.1. The zero-order valence-corrected chi connectivity index (χ0v) is 14.1. The average Bonchev–Trinajstić information content (AvgIpc) is 2.47. The monoisotopic (exact) mass is 360 g/mol. The third-order valence-corrected chi connectivity index (χ3v) is 3.55. The fraction of sp³-hybridized carbons (Fsp3) is 0.375. The second-order valence-corrected chi connectivity index (χ2v) is 6.57. The van der Waals surface area contributed by atoms with Crippen LogP contribution in [-0.4, -0.2) is 9.78 Å². The van der Waals surface area contributed by atoms with Crippen molar-refractivity contribution in [2.24, 2.45) is 0 Å². The molecule has 1 heterocycles. The number of halogens is 4. The molecule has 8 heteroatoms. The van der Waals surface area contributed by atoms with Crippen molar-refractivity contribution < 1.29 is 17.9 Å². The first-order chi connectivity index (χ1) is 11.0. The second kappa shape index (κ2) is 6.47. The average molecular weight is 361 g/mol. The van der Waals surface area contributed by atoms with E-state index in [4.69, 9.17) is 16.3 Å². The van der Waals surface area contributed by atoms with Gasteiger partial charge in [-0.05, 0) is 38.5 Å². The maximum atomic E-state index is 12.5. The molecule has 0 amide bonds. The number of benzene rings is 1.